The minimum absolute atomic E-state index is 0.164. The molecule has 1 aliphatic heterocycles. The van der Waals surface area contributed by atoms with Crippen LogP contribution in [0.2, 0.25) is 0 Å². The van der Waals surface area contributed by atoms with Gasteiger partial charge in [-0.1, -0.05) is 56.7 Å². The molecule has 1 aliphatic rings. The lowest BCUT2D eigenvalue weighted by Gasteiger charge is -2.30. The summed E-state index contributed by atoms with van der Waals surface area (Å²) in [6, 6.07) is 16.8. The van der Waals surface area contributed by atoms with E-state index >= 15 is 0 Å². The maximum atomic E-state index is 13.0. The Kier molecular flexibility index (Phi) is 8.84. The van der Waals surface area contributed by atoms with Crippen molar-refractivity contribution < 1.29 is 13.2 Å². The lowest BCUT2D eigenvalue weighted by atomic mass is 10.0. The van der Waals surface area contributed by atoms with Crippen molar-refractivity contribution in [2.24, 2.45) is 0 Å². The van der Waals surface area contributed by atoms with Gasteiger partial charge in [0.1, 0.15) is 0 Å². The molecular weight excluding hydrogens is 422 g/mol. The molecule has 1 heterocycles. The molecule has 0 spiro atoms. The summed E-state index contributed by atoms with van der Waals surface area (Å²) in [4.78, 5) is 15.4. The van der Waals surface area contributed by atoms with E-state index in [9.17, 15) is 13.2 Å². The van der Waals surface area contributed by atoms with Gasteiger partial charge in [0.05, 0.1) is 4.90 Å². The molecule has 6 nitrogen and oxygen atoms in total. The van der Waals surface area contributed by atoms with Gasteiger partial charge in [0, 0.05) is 31.2 Å². The minimum Gasteiger partial charge on any atom is -0.350 e. The van der Waals surface area contributed by atoms with Crippen LogP contribution in [0.15, 0.2) is 59.5 Å². The largest absolute Gasteiger partial charge is 0.350 e. The van der Waals surface area contributed by atoms with Gasteiger partial charge in [0.15, 0.2) is 0 Å². The standard InChI is InChI=1S/C25H35N3O3S/c1-3-27(4-2)23(18-21-12-7-5-8-13-21)20-26-25(29)22-14-11-15-24(19-22)32(30,31)28-16-9-6-10-17-28/h5,7-8,11-15,19,23H,3-4,6,9-10,16-18,20H2,1-2H3,(H,26,29)/t23-/m1/s1. The first kappa shape index (κ1) is 24.4. The molecule has 0 saturated carbocycles. The number of amides is 1. The first-order valence-corrected chi connectivity index (χ1v) is 13.1. The van der Waals surface area contributed by atoms with Gasteiger partial charge in [-0.05, 0) is 56.1 Å². The maximum absolute atomic E-state index is 13.0. The SMILES string of the molecule is CCN(CC)[C@@H](CNC(=O)c1cccc(S(=O)(=O)N2CCCCC2)c1)Cc1ccccc1. The third kappa shape index (κ3) is 6.18. The number of piperidine rings is 1. The summed E-state index contributed by atoms with van der Waals surface area (Å²) < 4.78 is 27.5. The van der Waals surface area contributed by atoms with Gasteiger partial charge in [0.25, 0.3) is 5.91 Å². The Morgan fingerprint density at radius 1 is 1.00 bits per heavy atom. The van der Waals surface area contributed by atoms with E-state index in [1.165, 1.54) is 15.9 Å². The topological polar surface area (TPSA) is 69.7 Å². The molecule has 0 aliphatic carbocycles. The number of carbonyl (C=O) groups is 1. The third-order valence-electron chi connectivity index (χ3n) is 6.19. The number of hydrogen-bond acceptors (Lipinski definition) is 4. The quantitative estimate of drug-likeness (QED) is 0.592. The fourth-order valence-electron chi connectivity index (χ4n) is 4.32. The van der Waals surface area contributed by atoms with Gasteiger partial charge in [0.2, 0.25) is 10.0 Å². The van der Waals surface area contributed by atoms with Crippen LogP contribution in [0.25, 0.3) is 0 Å². The van der Waals surface area contributed by atoms with Gasteiger partial charge >= 0.3 is 0 Å². The van der Waals surface area contributed by atoms with Crippen LogP contribution in [0.5, 0.6) is 0 Å². The van der Waals surface area contributed by atoms with E-state index in [4.69, 9.17) is 0 Å². The maximum Gasteiger partial charge on any atom is 0.251 e. The highest BCUT2D eigenvalue weighted by Gasteiger charge is 2.26. The van der Waals surface area contributed by atoms with E-state index < -0.39 is 10.0 Å². The first-order chi connectivity index (χ1) is 15.5. The lowest BCUT2D eigenvalue weighted by Crippen LogP contribution is -2.45. The second-order valence-electron chi connectivity index (χ2n) is 8.27. The van der Waals surface area contributed by atoms with Crippen molar-refractivity contribution in [3.05, 3.63) is 65.7 Å². The molecule has 0 bridgehead atoms. The van der Waals surface area contributed by atoms with E-state index in [2.05, 4.69) is 36.2 Å². The molecule has 1 amide bonds. The number of carbonyl (C=O) groups excluding carboxylic acids is 1. The second-order valence-corrected chi connectivity index (χ2v) is 10.2. The van der Waals surface area contributed by atoms with E-state index in [0.717, 1.165) is 38.8 Å². The van der Waals surface area contributed by atoms with Crippen molar-refractivity contribution in [1.29, 1.82) is 0 Å². The van der Waals surface area contributed by atoms with Crippen LogP contribution in [0.1, 0.15) is 49.0 Å². The Balaban J connectivity index is 1.70. The number of rotatable bonds is 10. The second kappa shape index (κ2) is 11.6. The monoisotopic (exact) mass is 457 g/mol. The van der Waals surface area contributed by atoms with Gasteiger partial charge in [-0.15, -0.1) is 0 Å². The number of benzene rings is 2. The van der Waals surface area contributed by atoms with Gasteiger partial charge in [-0.2, -0.15) is 4.31 Å². The van der Waals surface area contributed by atoms with Crippen molar-refractivity contribution in [1.82, 2.24) is 14.5 Å². The molecule has 1 fully saturated rings. The molecular formula is C25H35N3O3S. The van der Waals surface area contributed by atoms with E-state index in [-0.39, 0.29) is 16.8 Å². The van der Waals surface area contributed by atoms with Crippen LogP contribution in [-0.4, -0.2) is 62.3 Å². The summed E-state index contributed by atoms with van der Waals surface area (Å²) >= 11 is 0. The summed E-state index contributed by atoms with van der Waals surface area (Å²) in [5.74, 6) is -0.245. The number of nitrogens with zero attached hydrogens (tertiary/aromatic N) is 2. The zero-order valence-corrected chi connectivity index (χ0v) is 20.0. The summed E-state index contributed by atoms with van der Waals surface area (Å²) in [6.07, 6.45) is 3.67. The molecule has 32 heavy (non-hydrogen) atoms. The third-order valence-corrected chi connectivity index (χ3v) is 8.08. The van der Waals surface area contributed by atoms with Crippen LogP contribution in [-0.2, 0) is 16.4 Å². The Labute approximate surface area is 192 Å². The number of likely N-dealkylation sites (N-methyl/N-ethyl adjacent to an activating group) is 1. The normalized spacial score (nSPS) is 16.1. The van der Waals surface area contributed by atoms with Crippen molar-refractivity contribution in [2.75, 3.05) is 32.7 Å². The van der Waals surface area contributed by atoms with Crippen LogP contribution < -0.4 is 5.32 Å². The zero-order chi connectivity index (χ0) is 23.0. The molecule has 0 aromatic heterocycles. The van der Waals surface area contributed by atoms with Crippen molar-refractivity contribution in [3.63, 3.8) is 0 Å². The fourth-order valence-corrected chi connectivity index (χ4v) is 5.88. The molecule has 1 N–H and O–H groups in total. The Hall–Kier alpha value is -2.22. The van der Waals surface area contributed by atoms with Gasteiger partial charge < -0.3 is 5.32 Å². The fraction of sp³-hybridized carbons (Fsp3) is 0.480. The number of hydrogen-bond donors (Lipinski definition) is 1. The smallest absolute Gasteiger partial charge is 0.251 e. The van der Waals surface area contributed by atoms with Crippen molar-refractivity contribution in [2.45, 2.75) is 50.5 Å². The van der Waals surface area contributed by atoms with E-state index in [0.29, 0.717) is 25.2 Å². The highest BCUT2D eigenvalue weighted by molar-refractivity contribution is 7.89. The van der Waals surface area contributed by atoms with Gasteiger partial charge in [-0.3, -0.25) is 9.69 Å². The Morgan fingerprint density at radius 3 is 2.34 bits per heavy atom. The number of nitrogens with one attached hydrogen (secondary N) is 1. The van der Waals surface area contributed by atoms with E-state index in [1.807, 2.05) is 18.2 Å². The predicted molar refractivity (Wildman–Crippen MR) is 128 cm³/mol. The molecule has 0 unspecified atom stereocenters. The Bertz CT molecular complexity index is 969. The van der Waals surface area contributed by atoms with Crippen LogP contribution in [0, 0.1) is 0 Å². The summed E-state index contributed by atoms with van der Waals surface area (Å²) in [6.45, 7) is 7.63. The first-order valence-electron chi connectivity index (χ1n) is 11.6. The molecule has 3 rings (SSSR count). The molecule has 2 aromatic rings. The number of sulfonamides is 1. The molecule has 1 atom stereocenters. The summed E-state index contributed by atoms with van der Waals surface area (Å²) in [5.41, 5.74) is 1.61. The van der Waals surface area contributed by atoms with Crippen LogP contribution in [0.4, 0.5) is 0 Å². The highest BCUT2D eigenvalue weighted by atomic mass is 32.2. The molecule has 0 radical (unpaired) electrons. The molecule has 1 saturated heterocycles. The predicted octanol–water partition coefficient (Wildman–Crippen LogP) is 3.54. The molecule has 7 heteroatoms. The van der Waals surface area contributed by atoms with Crippen molar-refractivity contribution in [3.8, 4) is 0 Å². The van der Waals surface area contributed by atoms with Crippen LogP contribution >= 0.6 is 0 Å². The average Bonchev–Trinajstić information content (AvgIpc) is 2.84. The highest BCUT2D eigenvalue weighted by Crippen LogP contribution is 2.21. The van der Waals surface area contributed by atoms with Crippen molar-refractivity contribution >= 4 is 15.9 Å². The molecule has 2 aromatic carbocycles. The van der Waals surface area contributed by atoms with Crippen LogP contribution in [0.3, 0.4) is 0 Å². The molecule has 174 valence electrons. The zero-order valence-electron chi connectivity index (χ0n) is 19.2. The lowest BCUT2D eigenvalue weighted by molar-refractivity contribution is 0.0934. The average molecular weight is 458 g/mol. The van der Waals surface area contributed by atoms with E-state index in [1.54, 1.807) is 18.2 Å². The minimum atomic E-state index is -3.57. The summed E-state index contributed by atoms with van der Waals surface area (Å²) in [7, 11) is -3.57. The Morgan fingerprint density at radius 2 is 1.69 bits per heavy atom. The van der Waals surface area contributed by atoms with Gasteiger partial charge in [-0.25, -0.2) is 8.42 Å². The summed E-state index contributed by atoms with van der Waals surface area (Å²) in [5, 5.41) is 3.04.